The maximum Gasteiger partial charge on any atom is 0.131 e. The first kappa shape index (κ1) is 14.9. The van der Waals surface area contributed by atoms with Gasteiger partial charge in [-0.3, -0.25) is 0 Å². The third-order valence-electron chi connectivity index (χ3n) is 3.57. The van der Waals surface area contributed by atoms with E-state index in [0.29, 0.717) is 5.39 Å². The summed E-state index contributed by atoms with van der Waals surface area (Å²) < 4.78 is 19.0. The molecule has 0 radical (unpaired) electrons. The first-order valence-electron chi connectivity index (χ1n) is 7.17. The molecule has 2 aromatic rings. The van der Waals surface area contributed by atoms with Crippen LogP contribution >= 0.6 is 0 Å². The second kappa shape index (κ2) is 7.36. The molecule has 2 aromatic carbocycles. The lowest BCUT2D eigenvalue weighted by atomic mass is 9.95. The third-order valence-corrected chi connectivity index (χ3v) is 3.57. The number of ether oxygens (including phenoxy) is 1. The van der Waals surface area contributed by atoms with Crippen LogP contribution in [0.3, 0.4) is 0 Å². The molecule has 0 fully saturated rings. The zero-order valence-corrected chi connectivity index (χ0v) is 12.2. The Kier molecular flexibility index (Phi) is 5.50. The second-order valence-corrected chi connectivity index (χ2v) is 4.93. The Labute approximate surface area is 119 Å². The maximum atomic E-state index is 13.9. The molecule has 0 amide bonds. The van der Waals surface area contributed by atoms with Gasteiger partial charge in [-0.15, -0.1) is 0 Å². The predicted octanol–water partition coefficient (Wildman–Crippen LogP) is 4.06. The summed E-state index contributed by atoms with van der Waals surface area (Å²) >= 11 is 0. The summed E-state index contributed by atoms with van der Waals surface area (Å²) in [6.07, 6.45) is 1.97. The highest BCUT2D eigenvalue weighted by Gasteiger charge is 2.14. The molecular weight excluding hydrogens is 253 g/mol. The van der Waals surface area contributed by atoms with Crippen LogP contribution in [-0.2, 0) is 4.74 Å². The molecule has 0 aromatic heterocycles. The highest BCUT2D eigenvalue weighted by Crippen LogP contribution is 2.28. The molecule has 1 unspecified atom stereocenters. The molecule has 0 aliphatic heterocycles. The van der Waals surface area contributed by atoms with Gasteiger partial charge in [0.05, 0.1) is 0 Å². The largest absolute Gasteiger partial charge is 0.385 e. The topological polar surface area (TPSA) is 21.3 Å². The van der Waals surface area contributed by atoms with Crippen molar-refractivity contribution in [2.24, 2.45) is 0 Å². The van der Waals surface area contributed by atoms with Gasteiger partial charge in [-0.25, -0.2) is 4.39 Å². The molecule has 0 saturated heterocycles. The van der Waals surface area contributed by atoms with Crippen molar-refractivity contribution in [3.05, 3.63) is 47.8 Å². The van der Waals surface area contributed by atoms with Crippen molar-refractivity contribution in [3.8, 4) is 0 Å². The van der Waals surface area contributed by atoms with E-state index < -0.39 is 0 Å². The molecule has 0 heterocycles. The van der Waals surface area contributed by atoms with Crippen LogP contribution < -0.4 is 5.32 Å². The summed E-state index contributed by atoms with van der Waals surface area (Å²) in [5.74, 6) is -0.156. The van der Waals surface area contributed by atoms with Crippen molar-refractivity contribution in [2.75, 3.05) is 20.3 Å². The summed E-state index contributed by atoms with van der Waals surface area (Å²) in [5, 5.41) is 5.18. The number of methoxy groups -OCH3 is 1. The van der Waals surface area contributed by atoms with E-state index in [2.05, 4.69) is 12.2 Å². The zero-order valence-electron chi connectivity index (χ0n) is 12.2. The van der Waals surface area contributed by atoms with Crippen molar-refractivity contribution in [3.63, 3.8) is 0 Å². The first-order valence-corrected chi connectivity index (χ1v) is 7.17. The Morgan fingerprint density at radius 2 is 1.90 bits per heavy atom. The average molecular weight is 275 g/mol. The average Bonchev–Trinajstić information content (AvgIpc) is 2.48. The third kappa shape index (κ3) is 3.35. The molecule has 1 atom stereocenters. The highest BCUT2D eigenvalue weighted by molar-refractivity contribution is 5.86. The van der Waals surface area contributed by atoms with E-state index in [9.17, 15) is 4.39 Å². The second-order valence-electron chi connectivity index (χ2n) is 4.93. The molecule has 2 nitrogen and oxygen atoms in total. The van der Waals surface area contributed by atoms with Gasteiger partial charge in [-0.1, -0.05) is 37.3 Å². The molecule has 20 heavy (non-hydrogen) atoms. The van der Waals surface area contributed by atoms with Gasteiger partial charge in [0.25, 0.3) is 0 Å². The lowest BCUT2D eigenvalue weighted by molar-refractivity contribution is 0.189. The van der Waals surface area contributed by atoms with Crippen LogP contribution in [-0.4, -0.2) is 20.3 Å². The summed E-state index contributed by atoms with van der Waals surface area (Å²) in [6.45, 7) is 3.74. The van der Waals surface area contributed by atoms with Crippen LogP contribution in [0.5, 0.6) is 0 Å². The molecule has 2 rings (SSSR count). The molecule has 0 saturated carbocycles. The zero-order chi connectivity index (χ0) is 14.4. The number of halogens is 1. The number of fused-ring (bicyclic) bond motifs is 1. The van der Waals surface area contributed by atoms with Gasteiger partial charge in [0.15, 0.2) is 0 Å². The maximum absolute atomic E-state index is 13.9. The number of hydrogen-bond acceptors (Lipinski definition) is 2. The first-order chi connectivity index (χ1) is 9.77. The predicted molar refractivity (Wildman–Crippen MR) is 81.4 cm³/mol. The van der Waals surface area contributed by atoms with E-state index >= 15 is 0 Å². The van der Waals surface area contributed by atoms with Gasteiger partial charge in [-0.2, -0.15) is 0 Å². The Hall–Kier alpha value is -1.45. The van der Waals surface area contributed by atoms with Gasteiger partial charge in [0.2, 0.25) is 0 Å². The molecule has 1 N–H and O–H groups in total. The molecule has 0 spiro atoms. The standard InChI is InChI=1S/C17H22FNO/c1-3-19-17(9-6-12-20-2)15-10-11-16(18)14-8-5-4-7-13(14)15/h4-5,7-8,10-11,17,19H,3,6,9,12H2,1-2H3. The fourth-order valence-corrected chi connectivity index (χ4v) is 2.64. The van der Waals surface area contributed by atoms with E-state index in [4.69, 9.17) is 4.74 Å². The van der Waals surface area contributed by atoms with Gasteiger partial charge in [0, 0.05) is 25.1 Å². The normalized spacial score (nSPS) is 12.8. The minimum atomic E-state index is -0.156. The molecule has 0 bridgehead atoms. The SMILES string of the molecule is CCNC(CCCOC)c1ccc(F)c2ccccc12. The smallest absolute Gasteiger partial charge is 0.131 e. The summed E-state index contributed by atoms with van der Waals surface area (Å²) in [4.78, 5) is 0. The number of hydrogen-bond donors (Lipinski definition) is 1. The fourth-order valence-electron chi connectivity index (χ4n) is 2.64. The van der Waals surface area contributed by atoms with Gasteiger partial charge < -0.3 is 10.1 Å². The van der Waals surface area contributed by atoms with E-state index in [1.54, 1.807) is 13.2 Å². The Morgan fingerprint density at radius 1 is 1.15 bits per heavy atom. The molecular formula is C17H22FNO. The van der Waals surface area contributed by atoms with E-state index in [-0.39, 0.29) is 11.9 Å². The Morgan fingerprint density at radius 3 is 2.60 bits per heavy atom. The minimum Gasteiger partial charge on any atom is -0.385 e. The quantitative estimate of drug-likeness (QED) is 0.769. The Balaban J connectivity index is 2.34. The van der Waals surface area contributed by atoms with Crippen molar-refractivity contribution >= 4 is 10.8 Å². The number of benzene rings is 2. The van der Waals surface area contributed by atoms with Crippen molar-refractivity contribution in [2.45, 2.75) is 25.8 Å². The summed E-state index contributed by atoms with van der Waals surface area (Å²) in [5.41, 5.74) is 1.17. The van der Waals surface area contributed by atoms with Crippen LogP contribution in [0.15, 0.2) is 36.4 Å². The van der Waals surface area contributed by atoms with E-state index in [1.807, 2.05) is 30.3 Å². The van der Waals surface area contributed by atoms with Crippen molar-refractivity contribution in [1.82, 2.24) is 5.32 Å². The highest BCUT2D eigenvalue weighted by atomic mass is 19.1. The van der Waals surface area contributed by atoms with Gasteiger partial charge >= 0.3 is 0 Å². The van der Waals surface area contributed by atoms with E-state index in [1.165, 1.54) is 5.56 Å². The van der Waals surface area contributed by atoms with Crippen LogP contribution in [0.2, 0.25) is 0 Å². The summed E-state index contributed by atoms with van der Waals surface area (Å²) in [6, 6.07) is 11.4. The monoisotopic (exact) mass is 275 g/mol. The molecule has 0 aliphatic rings. The Bertz CT molecular complexity index is 556. The summed E-state index contributed by atoms with van der Waals surface area (Å²) in [7, 11) is 1.72. The lowest BCUT2D eigenvalue weighted by Gasteiger charge is -2.20. The fraction of sp³-hybridized carbons (Fsp3) is 0.412. The van der Waals surface area contributed by atoms with Crippen LogP contribution in [0.4, 0.5) is 4.39 Å². The van der Waals surface area contributed by atoms with Crippen LogP contribution in [0.25, 0.3) is 10.8 Å². The number of nitrogens with one attached hydrogen (secondary N) is 1. The van der Waals surface area contributed by atoms with E-state index in [0.717, 1.165) is 31.4 Å². The molecule has 0 aliphatic carbocycles. The van der Waals surface area contributed by atoms with Gasteiger partial charge in [-0.05, 0) is 36.4 Å². The van der Waals surface area contributed by atoms with Gasteiger partial charge in [0.1, 0.15) is 5.82 Å². The molecule has 108 valence electrons. The van der Waals surface area contributed by atoms with Crippen LogP contribution in [0, 0.1) is 5.82 Å². The minimum absolute atomic E-state index is 0.156. The van der Waals surface area contributed by atoms with Crippen LogP contribution in [0.1, 0.15) is 31.4 Å². The number of rotatable bonds is 7. The lowest BCUT2D eigenvalue weighted by Crippen LogP contribution is -2.21. The molecule has 3 heteroatoms. The van der Waals surface area contributed by atoms with Crippen molar-refractivity contribution < 1.29 is 9.13 Å². The van der Waals surface area contributed by atoms with Crippen molar-refractivity contribution in [1.29, 1.82) is 0 Å².